The molecule has 0 aliphatic heterocycles. The predicted molar refractivity (Wildman–Crippen MR) is 96.7 cm³/mol. The Labute approximate surface area is 152 Å². The maximum atomic E-state index is 12.0. The molecule has 0 saturated heterocycles. The summed E-state index contributed by atoms with van der Waals surface area (Å²) in [5, 5.41) is 9.39. The molecule has 0 aliphatic carbocycles. The van der Waals surface area contributed by atoms with E-state index in [4.69, 9.17) is 15.2 Å². The number of carboxylic acids is 1. The van der Waals surface area contributed by atoms with Crippen LogP contribution < -0.4 is 10.5 Å². The Bertz CT molecular complexity index is 700. The third-order valence-corrected chi connectivity index (χ3v) is 3.80. The number of ether oxygens (including phenoxy) is 2. The van der Waals surface area contributed by atoms with Gasteiger partial charge in [0.15, 0.2) is 0 Å². The highest BCUT2D eigenvalue weighted by atomic mass is 16.5. The van der Waals surface area contributed by atoms with Gasteiger partial charge in [0.25, 0.3) is 0 Å². The van der Waals surface area contributed by atoms with Crippen LogP contribution in [-0.4, -0.2) is 30.2 Å². The second-order valence-corrected chi connectivity index (χ2v) is 5.87. The molecule has 3 N–H and O–H groups in total. The first-order chi connectivity index (χ1) is 12.6. The van der Waals surface area contributed by atoms with Crippen LogP contribution in [-0.2, 0) is 27.4 Å². The molecule has 0 radical (unpaired) electrons. The summed E-state index contributed by atoms with van der Waals surface area (Å²) >= 11 is 0. The Kier molecular flexibility index (Phi) is 7.64. The number of aliphatic carboxylic acids is 1. The van der Waals surface area contributed by atoms with Crippen LogP contribution in [0.2, 0.25) is 0 Å². The second kappa shape index (κ2) is 10.2. The van der Waals surface area contributed by atoms with Crippen molar-refractivity contribution in [2.24, 2.45) is 11.7 Å². The Balaban J connectivity index is 1.87. The van der Waals surface area contributed by atoms with Crippen molar-refractivity contribution in [1.29, 1.82) is 0 Å². The van der Waals surface area contributed by atoms with Gasteiger partial charge in [-0.3, -0.25) is 9.59 Å². The Morgan fingerprint density at radius 1 is 1.00 bits per heavy atom. The molecule has 0 fully saturated rings. The molecule has 0 aliphatic rings. The first-order valence-corrected chi connectivity index (χ1v) is 8.42. The monoisotopic (exact) mass is 357 g/mol. The van der Waals surface area contributed by atoms with Crippen molar-refractivity contribution >= 4 is 11.9 Å². The molecule has 0 spiro atoms. The van der Waals surface area contributed by atoms with Crippen molar-refractivity contribution in [1.82, 2.24) is 0 Å². The highest BCUT2D eigenvalue weighted by molar-refractivity contribution is 5.79. The number of carbonyl (C=O) groups excluding carboxylic acids is 1. The standard InChI is InChI=1S/C20H23NO5/c21-10-11-25-18-8-6-15(7-9-18)12-17(20(23)24)13-19(22)26-14-16-4-2-1-3-5-16/h1-9,17H,10-14,21H2,(H,23,24)/t17-/m1/s1. The van der Waals surface area contributed by atoms with E-state index in [-0.39, 0.29) is 19.4 Å². The summed E-state index contributed by atoms with van der Waals surface area (Å²) in [5.74, 6) is -1.71. The van der Waals surface area contributed by atoms with Crippen LogP contribution >= 0.6 is 0 Å². The molecular weight excluding hydrogens is 334 g/mol. The summed E-state index contributed by atoms with van der Waals surface area (Å²) in [4.78, 5) is 23.5. The topological polar surface area (TPSA) is 98.9 Å². The lowest BCUT2D eigenvalue weighted by Gasteiger charge is -2.13. The summed E-state index contributed by atoms with van der Waals surface area (Å²) < 4.78 is 10.6. The normalized spacial score (nSPS) is 11.6. The van der Waals surface area contributed by atoms with E-state index in [0.29, 0.717) is 18.9 Å². The van der Waals surface area contributed by atoms with Crippen LogP contribution in [0.15, 0.2) is 54.6 Å². The van der Waals surface area contributed by atoms with Crippen LogP contribution in [0.5, 0.6) is 5.75 Å². The SMILES string of the molecule is NCCOc1ccc(C[C@H](CC(=O)OCc2ccccc2)C(=O)O)cc1. The van der Waals surface area contributed by atoms with Gasteiger partial charge in [-0.1, -0.05) is 42.5 Å². The molecule has 0 unspecified atom stereocenters. The van der Waals surface area contributed by atoms with Gasteiger partial charge in [0.2, 0.25) is 0 Å². The number of rotatable bonds is 10. The molecule has 0 saturated carbocycles. The smallest absolute Gasteiger partial charge is 0.307 e. The molecule has 0 aromatic heterocycles. The molecule has 0 heterocycles. The molecule has 0 bridgehead atoms. The number of esters is 1. The molecule has 1 atom stereocenters. The minimum atomic E-state index is -1.02. The molecule has 2 rings (SSSR count). The van der Waals surface area contributed by atoms with Crippen LogP contribution in [0.25, 0.3) is 0 Å². The van der Waals surface area contributed by atoms with E-state index in [1.165, 1.54) is 0 Å². The number of hydrogen-bond acceptors (Lipinski definition) is 5. The van der Waals surface area contributed by atoms with E-state index in [1.54, 1.807) is 24.3 Å². The molecule has 0 amide bonds. The first-order valence-electron chi connectivity index (χ1n) is 8.42. The Morgan fingerprint density at radius 3 is 2.31 bits per heavy atom. The van der Waals surface area contributed by atoms with Gasteiger partial charge in [0.05, 0.1) is 12.3 Å². The van der Waals surface area contributed by atoms with E-state index in [1.807, 2.05) is 30.3 Å². The first kappa shape index (κ1) is 19.5. The zero-order valence-electron chi connectivity index (χ0n) is 14.5. The number of benzene rings is 2. The zero-order valence-corrected chi connectivity index (χ0v) is 14.5. The molecular formula is C20H23NO5. The summed E-state index contributed by atoms with van der Waals surface area (Å²) in [7, 11) is 0. The molecule has 138 valence electrons. The van der Waals surface area contributed by atoms with Gasteiger partial charge in [-0.2, -0.15) is 0 Å². The zero-order chi connectivity index (χ0) is 18.8. The van der Waals surface area contributed by atoms with Crippen molar-refractivity contribution in [2.75, 3.05) is 13.2 Å². The van der Waals surface area contributed by atoms with E-state index >= 15 is 0 Å². The van der Waals surface area contributed by atoms with Crippen LogP contribution in [0.4, 0.5) is 0 Å². The fourth-order valence-corrected chi connectivity index (χ4v) is 2.43. The predicted octanol–water partition coefficient (Wildman–Crippen LogP) is 2.40. The summed E-state index contributed by atoms with van der Waals surface area (Å²) in [6.07, 6.45) is 0.0700. The van der Waals surface area contributed by atoms with Gasteiger partial charge in [-0.05, 0) is 29.7 Å². The molecule has 6 nitrogen and oxygen atoms in total. The van der Waals surface area contributed by atoms with Gasteiger partial charge in [-0.25, -0.2) is 0 Å². The van der Waals surface area contributed by atoms with Gasteiger partial charge in [-0.15, -0.1) is 0 Å². The van der Waals surface area contributed by atoms with E-state index in [2.05, 4.69) is 0 Å². The van der Waals surface area contributed by atoms with Gasteiger partial charge in [0, 0.05) is 6.54 Å². The molecule has 26 heavy (non-hydrogen) atoms. The summed E-state index contributed by atoms with van der Waals surface area (Å²) in [6, 6.07) is 16.4. The number of hydrogen-bond donors (Lipinski definition) is 2. The van der Waals surface area contributed by atoms with E-state index < -0.39 is 17.9 Å². The van der Waals surface area contributed by atoms with Gasteiger partial charge >= 0.3 is 11.9 Å². The summed E-state index contributed by atoms with van der Waals surface area (Å²) in [6.45, 7) is 0.984. The highest BCUT2D eigenvalue weighted by Crippen LogP contribution is 2.18. The lowest BCUT2D eigenvalue weighted by molar-refractivity contribution is -0.152. The Hall–Kier alpha value is -2.86. The fourth-order valence-electron chi connectivity index (χ4n) is 2.43. The fraction of sp³-hybridized carbons (Fsp3) is 0.300. The third-order valence-electron chi connectivity index (χ3n) is 3.80. The quantitative estimate of drug-likeness (QED) is 0.634. The average molecular weight is 357 g/mol. The van der Waals surface area contributed by atoms with Crippen molar-refractivity contribution in [3.8, 4) is 5.75 Å². The summed E-state index contributed by atoms with van der Waals surface area (Å²) in [5.41, 5.74) is 7.05. The molecule has 2 aromatic carbocycles. The number of nitrogens with two attached hydrogens (primary N) is 1. The molecule has 6 heteroatoms. The van der Waals surface area contributed by atoms with Crippen LogP contribution in [0, 0.1) is 5.92 Å². The van der Waals surface area contributed by atoms with Crippen LogP contribution in [0.3, 0.4) is 0 Å². The number of carboxylic acid groups (broad SMARTS) is 1. The lowest BCUT2D eigenvalue weighted by atomic mass is 9.96. The largest absolute Gasteiger partial charge is 0.492 e. The van der Waals surface area contributed by atoms with E-state index in [0.717, 1.165) is 11.1 Å². The highest BCUT2D eigenvalue weighted by Gasteiger charge is 2.22. The van der Waals surface area contributed by atoms with Gasteiger partial charge < -0.3 is 20.3 Å². The maximum Gasteiger partial charge on any atom is 0.307 e. The maximum absolute atomic E-state index is 12.0. The average Bonchev–Trinajstić information content (AvgIpc) is 2.66. The van der Waals surface area contributed by atoms with Crippen LogP contribution in [0.1, 0.15) is 17.5 Å². The van der Waals surface area contributed by atoms with Crippen molar-refractivity contribution in [2.45, 2.75) is 19.4 Å². The number of carbonyl (C=O) groups is 2. The van der Waals surface area contributed by atoms with E-state index in [9.17, 15) is 14.7 Å². The van der Waals surface area contributed by atoms with Gasteiger partial charge in [0.1, 0.15) is 19.0 Å². The lowest BCUT2D eigenvalue weighted by Crippen LogP contribution is -2.21. The molecule has 2 aromatic rings. The third kappa shape index (κ3) is 6.57. The van der Waals surface area contributed by atoms with Crippen molar-refractivity contribution < 1.29 is 24.2 Å². The minimum Gasteiger partial charge on any atom is -0.492 e. The van der Waals surface area contributed by atoms with Crippen molar-refractivity contribution in [3.63, 3.8) is 0 Å². The van der Waals surface area contributed by atoms with Crippen molar-refractivity contribution in [3.05, 3.63) is 65.7 Å². The Morgan fingerprint density at radius 2 is 1.69 bits per heavy atom. The minimum absolute atomic E-state index is 0.138. The second-order valence-electron chi connectivity index (χ2n) is 5.87.